The molecule has 1 aliphatic heterocycles. The fourth-order valence-electron chi connectivity index (χ4n) is 2.86. The highest BCUT2D eigenvalue weighted by atomic mass is 16.5. The van der Waals surface area contributed by atoms with Gasteiger partial charge in [-0.2, -0.15) is 0 Å². The van der Waals surface area contributed by atoms with Crippen molar-refractivity contribution >= 4 is 23.6 Å². The predicted molar refractivity (Wildman–Crippen MR) is 91.8 cm³/mol. The van der Waals surface area contributed by atoms with Crippen LogP contribution in [-0.4, -0.2) is 60.5 Å². The summed E-state index contributed by atoms with van der Waals surface area (Å²) in [5, 5.41) is 2.83. The van der Waals surface area contributed by atoms with Gasteiger partial charge < -0.3 is 19.9 Å². The van der Waals surface area contributed by atoms with Gasteiger partial charge in [-0.15, -0.1) is 0 Å². The van der Waals surface area contributed by atoms with Crippen LogP contribution in [0.3, 0.4) is 0 Å². The van der Waals surface area contributed by atoms with Crippen LogP contribution < -0.4 is 5.32 Å². The van der Waals surface area contributed by atoms with E-state index in [4.69, 9.17) is 4.74 Å². The van der Waals surface area contributed by atoms with Crippen molar-refractivity contribution < 1.29 is 19.1 Å². The number of rotatable bonds is 4. The Labute approximate surface area is 146 Å². The molecule has 1 N–H and O–H groups in total. The van der Waals surface area contributed by atoms with Crippen LogP contribution in [0.2, 0.25) is 0 Å². The highest BCUT2D eigenvalue weighted by Crippen LogP contribution is 2.38. The van der Waals surface area contributed by atoms with Gasteiger partial charge in [0.25, 0.3) is 5.91 Å². The zero-order valence-electron chi connectivity index (χ0n) is 14.3. The number of esters is 1. The normalized spacial score (nSPS) is 22.3. The van der Waals surface area contributed by atoms with E-state index in [9.17, 15) is 14.4 Å². The number of piperazine rings is 1. The second kappa shape index (κ2) is 7.55. The average molecular weight is 345 g/mol. The molecular formula is C18H23N3O4. The second-order valence-corrected chi connectivity index (χ2v) is 6.59. The van der Waals surface area contributed by atoms with E-state index in [0.717, 1.165) is 12.1 Å². The summed E-state index contributed by atoms with van der Waals surface area (Å²) in [5.41, 5.74) is 0.743. The molecule has 2 atom stereocenters. The van der Waals surface area contributed by atoms with E-state index in [2.05, 4.69) is 5.32 Å². The van der Waals surface area contributed by atoms with Crippen LogP contribution >= 0.6 is 0 Å². The molecule has 0 spiro atoms. The number of hydrogen-bond acceptors (Lipinski definition) is 4. The number of carbonyl (C=O) groups is 3. The van der Waals surface area contributed by atoms with Crippen molar-refractivity contribution in [1.29, 1.82) is 0 Å². The first-order chi connectivity index (χ1) is 12.0. The van der Waals surface area contributed by atoms with Gasteiger partial charge in [0, 0.05) is 31.9 Å². The van der Waals surface area contributed by atoms with E-state index in [-0.39, 0.29) is 30.4 Å². The molecule has 0 bridgehead atoms. The SMILES string of the molecule is C[C@H]1C[C@@H]1C(=O)OCC(=O)N1CCN(C(=O)Nc2ccccc2)CC1. The number of urea groups is 1. The molecule has 1 aromatic carbocycles. The Morgan fingerprint density at radius 3 is 2.28 bits per heavy atom. The van der Waals surface area contributed by atoms with E-state index in [1.165, 1.54) is 0 Å². The van der Waals surface area contributed by atoms with E-state index >= 15 is 0 Å². The maximum absolute atomic E-state index is 12.2. The number of nitrogens with one attached hydrogen (secondary N) is 1. The molecule has 2 aliphatic rings. The Bertz CT molecular complexity index is 641. The molecule has 0 radical (unpaired) electrons. The van der Waals surface area contributed by atoms with Crippen molar-refractivity contribution in [2.45, 2.75) is 13.3 Å². The van der Waals surface area contributed by atoms with Crippen molar-refractivity contribution in [3.05, 3.63) is 30.3 Å². The number of anilines is 1. The van der Waals surface area contributed by atoms with Crippen molar-refractivity contribution in [3.63, 3.8) is 0 Å². The molecule has 1 saturated carbocycles. The van der Waals surface area contributed by atoms with Crippen LogP contribution in [0.1, 0.15) is 13.3 Å². The Kier molecular flexibility index (Phi) is 5.21. The minimum Gasteiger partial charge on any atom is -0.455 e. The molecule has 1 aliphatic carbocycles. The van der Waals surface area contributed by atoms with Gasteiger partial charge in [-0.25, -0.2) is 4.79 Å². The third kappa shape index (κ3) is 4.49. The number of carbonyl (C=O) groups excluding carboxylic acids is 3. The smallest absolute Gasteiger partial charge is 0.321 e. The van der Waals surface area contributed by atoms with Crippen LogP contribution in [0.15, 0.2) is 30.3 Å². The summed E-state index contributed by atoms with van der Waals surface area (Å²) in [4.78, 5) is 39.3. The summed E-state index contributed by atoms with van der Waals surface area (Å²) in [7, 11) is 0. The first-order valence-electron chi connectivity index (χ1n) is 8.60. The summed E-state index contributed by atoms with van der Waals surface area (Å²) in [6, 6.07) is 9.08. The lowest BCUT2D eigenvalue weighted by Crippen LogP contribution is -2.52. The Hall–Kier alpha value is -2.57. The topological polar surface area (TPSA) is 79.0 Å². The molecule has 1 aromatic rings. The highest BCUT2D eigenvalue weighted by molar-refractivity contribution is 5.89. The third-order valence-electron chi connectivity index (χ3n) is 4.69. The lowest BCUT2D eigenvalue weighted by Gasteiger charge is -2.34. The third-order valence-corrected chi connectivity index (χ3v) is 4.69. The van der Waals surface area contributed by atoms with Gasteiger partial charge >= 0.3 is 12.0 Å². The summed E-state index contributed by atoms with van der Waals surface area (Å²) in [6.45, 7) is 3.58. The van der Waals surface area contributed by atoms with Gasteiger partial charge in [-0.3, -0.25) is 9.59 Å². The highest BCUT2D eigenvalue weighted by Gasteiger charge is 2.40. The molecule has 7 nitrogen and oxygen atoms in total. The van der Waals surface area contributed by atoms with Gasteiger partial charge in [0.1, 0.15) is 0 Å². The summed E-state index contributed by atoms with van der Waals surface area (Å²) in [6.07, 6.45) is 0.849. The maximum atomic E-state index is 12.2. The average Bonchev–Trinajstić information content (AvgIpc) is 3.37. The molecule has 1 saturated heterocycles. The zero-order chi connectivity index (χ0) is 17.8. The molecule has 25 heavy (non-hydrogen) atoms. The first-order valence-corrected chi connectivity index (χ1v) is 8.60. The van der Waals surface area contributed by atoms with E-state index in [1.54, 1.807) is 9.80 Å². The van der Waals surface area contributed by atoms with E-state index in [0.29, 0.717) is 32.1 Å². The number of benzene rings is 1. The van der Waals surface area contributed by atoms with Gasteiger partial charge in [0.15, 0.2) is 6.61 Å². The Morgan fingerprint density at radius 1 is 1.08 bits per heavy atom. The van der Waals surface area contributed by atoms with E-state index in [1.807, 2.05) is 37.3 Å². The second-order valence-electron chi connectivity index (χ2n) is 6.59. The number of para-hydroxylation sites is 1. The van der Waals surface area contributed by atoms with Crippen LogP contribution in [0.25, 0.3) is 0 Å². The quantitative estimate of drug-likeness (QED) is 0.840. The predicted octanol–water partition coefficient (Wildman–Crippen LogP) is 1.56. The Morgan fingerprint density at radius 2 is 1.68 bits per heavy atom. The fraction of sp³-hybridized carbons (Fsp3) is 0.500. The minimum atomic E-state index is -0.276. The number of hydrogen-bond donors (Lipinski definition) is 1. The van der Waals surface area contributed by atoms with Crippen LogP contribution in [-0.2, 0) is 14.3 Å². The number of amides is 3. The zero-order valence-corrected chi connectivity index (χ0v) is 14.3. The fourth-order valence-corrected chi connectivity index (χ4v) is 2.86. The van der Waals surface area contributed by atoms with Gasteiger partial charge in [-0.05, 0) is 24.5 Å². The molecule has 1 heterocycles. The van der Waals surface area contributed by atoms with Crippen LogP contribution in [0.4, 0.5) is 10.5 Å². The maximum Gasteiger partial charge on any atom is 0.321 e. The van der Waals surface area contributed by atoms with Gasteiger partial charge in [-0.1, -0.05) is 25.1 Å². The van der Waals surface area contributed by atoms with Gasteiger partial charge in [0.05, 0.1) is 5.92 Å². The molecule has 134 valence electrons. The molecule has 7 heteroatoms. The number of nitrogens with zero attached hydrogens (tertiary/aromatic N) is 2. The van der Waals surface area contributed by atoms with Crippen molar-refractivity contribution in [2.24, 2.45) is 11.8 Å². The summed E-state index contributed by atoms with van der Waals surface area (Å²) in [5.74, 6) is -0.146. The molecular weight excluding hydrogens is 322 g/mol. The minimum absolute atomic E-state index is 0.0358. The molecule has 0 aromatic heterocycles. The van der Waals surface area contributed by atoms with Crippen molar-refractivity contribution in [3.8, 4) is 0 Å². The van der Waals surface area contributed by atoms with Gasteiger partial charge in [0.2, 0.25) is 0 Å². The summed E-state index contributed by atoms with van der Waals surface area (Å²) < 4.78 is 5.08. The monoisotopic (exact) mass is 345 g/mol. The Balaban J connectivity index is 1.39. The number of ether oxygens (including phenoxy) is 1. The first kappa shape index (κ1) is 17.3. The lowest BCUT2D eigenvalue weighted by atomic mass is 10.3. The van der Waals surface area contributed by atoms with Crippen LogP contribution in [0, 0.1) is 11.8 Å². The molecule has 0 unspecified atom stereocenters. The largest absolute Gasteiger partial charge is 0.455 e. The molecule has 3 amide bonds. The standard InChI is InChI=1S/C18H23N3O4/c1-13-11-15(13)17(23)25-12-16(22)20-7-9-21(10-8-20)18(24)19-14-5-3-2-4-6-14/h2-6,13,15H,7-12H2,1H3,(H,19,24)/t13-,15-/m0/s1. The molecule has 2 fully saturated rings. The molecule has 3 rings (SSSR count). The van der Waals surface area contributed by atoms with E-state index < -0.39 is 0 Å². The lowest BCUT2D eigenvalue weighted by molar-refractivity contribution is -0.153. The van der Waals surface area contributed by atoms with Crippen molar-refractivity contribution in [2.75, 3.05) is 38.1 Å². The summed E-state index contributed by atoms with van der Waals surface area (Å²) >= 11 is 0. The van der Waals surface area contributed by atoms with Crippen LogP contribution in [0.5, 0.6) is 0 Å². The van der Waals surface area contributed by atoms with Crippen molar-refractivity contribution in [1.82, 2.24) is 9.80 Å².